The van der Waals surface area contributed by atoms with E-state index < -0.39 is 11.7 Å². The summed E-state index contributed by atoms with van der Waals surface area (Å²) >= 11 is 0. The molecule has 1 atom stereocenters. The Balaban J connectivity index is 1.59. The van der Waals surface area contributed by atoms with Gasteiger partial charge in [-0.15, -0.1) is 0 Å². The van der Waals surface area contributed by atoms with Gasteiger partial charge in [0.1, 0.15) is 5.60 Å². The number of aromatic nitrogens is 2. The molecule has 2 heterocycles. The number of alkyl carbamates (subject to hydrolysis) is 1. The molecule has 0 bridgehead atoms. The lowest BCUT2D eigenvalue weighted by Crippen LogP contribution is -2.43. The SMILES string of the molecule is Cc1c2ccncc2cc2c3cc(C(=O)N[C@@H](C)CNC(=O)OC(C)(C)C)ccc3n(C)c12. The second-order valence-corrected chi connectivity index (χ2v) is 9.54. The molecule has 172 valence electrons. The molecular formula is C26H30N4O3. The fourth-order valence-corrected chi connectivity index (χ4v) is 4.27. The van der Waals surface area contributed by atoms with Gasteiger partial charge in [-0.25, -0.2) is 4.79 Å². The summed E-state index contributed by atoms with van der Waals surface area (Å²) < 4.78 is 7.42. The van der Waals surface area contributed by atoms with E-state index in [-0.39, 0.29) is 18.5 Å². The van der Waals surface area contributed by atoms with Crippen LogP contribution in [-0.4, -0.2) is 39.7 Å². The van der Waals surface area contributed by atoms with Crippen LogP contribution in [0.2, 0.25) is 0 Å². The number of ether oxygens (including phenoxy) is 1. The Morgan fingerprint density at radius 3 is 2.61 bits per heavy atom. The second-order valence-electron chi connectivity index (χ2n) is 9.54. The predicted molar refractivity (Wildman–Crippen MR) is 132 cm³/mol. The fourth-order valence-electron chi connectivity index (χ4n) is 4.27. The van der Waals surface area contributed by atoms with E-state index in [1.165, 1.54) is 10.9 Å². The number of fused-ring (bicyclic) bond motifs is 4. The molecule has 0 spiro atoms. The van der Waals surface area contributed by atoms with Crippen molar-refractivity contribution in [2.75, 3.05) is 6.54 Å². The Labute approximate surface area is 193 Å². The summed E-state index contributed by atoms with van der Waals surface area (Å²) in [6.45, 7) is 9.66. The van der Waals surface area contributed by atoms with Crippen LogP contribution in [0.25, 0.3) is 32.6 Å². The monoisotopic (exact) mass is 446 g/mol. The van der Waals surface area contributed by atoms with E-state index in [1.807, 2.05) is 64.4 Å². The van der Waals surface area contributed by atoms with E-state index in [2.05, 4.69) is 40.2 Å². The maximum Gasteiger partial charge on any atom is 0.407 e. The summed E-state index contributed by atoms with van der Waals surface area (Å²) in [4.78, 5) is 29.0. The summed E-state index contributed by atoms with van der Waals surface area (Å²) in [5.41, 5.74) is 3.41. The van der Waals surface area contributed by atoms with Crippen molar-refractivity contribution in [2.45, 2.75) is 46.3 Å². The summed E-state index contributed by atoms with van der Waals surface area (Å²) in [6.07, 6.45) is 3.18. The van der Waals surface area contributed by atoms with Crippen LogP contribution in [0.15, 0.2) is 42.7 Å². The molecule has 4 aromatic rings. The zero-order chi connectivity index (χ0) is 23.9. The minimum atomic E-state index is -0.565. The molecule has 0 radical (unpaired) electrons. The molecular weight excluding hydrogens is 416 g/mol. The number of nitrogens with zero attached hydrogens (tertiary/aromatic N) is 2. The van der Waals surface area contributed by atoms with Gasteiger partial charge in [-0.3, -0.25) is 9.78 Å². The summed E-state index contributed by atoms with van der Waals surface area (Å²) in [6, 6.07) is 9.67. The van der Waals surface area contributed by atoms with Gasteiger partial charge in [-0.1, -0.05) is 0 Å². The van der Waals surface area contributed by atoms with E-state index in [0.29, 0.717) is 5.56 Å². The Kier molecular flexibility index (Phi) is 5.74. The van der Waals surface area contributed by atoms with Crippen molar-refractivity contribution in [1.29, 1.82) is 0 Å². The van der Waals surface area contributed by atoms with E-state index in [1.54, 1.807) is 0 Å². The largest absolute Gasteiger partial charge is 0.444 e. The third-order valence-electron chi connectivity index (χ3n) is 5.74. The molecule has 0 aliphatic carbocycles. The van der Waals surface area contributed by atoms with E-state index >= 15 is 0 Å². The van der Waals surface area contributed by atoms with Crippen LogP contribution in [-0.2, 0) is 11.8 Å². The number of amides is 2. The van der Waals surface area contributed by atoms with Crippen LogP contribution < -0.4 is 10.6 Å². The zero-order valence-electron chi connectivity index (χ0n) is 19.9. The van der Waals surface area contributed by atoms with Crippen molar-refractivity contribution in [3.63, 3.8) is 0 Å². The predicted octanol–water partition coefficient (Wildman–Crippen LogP) is 4.83. The van der Waals surface area contributed by atoms with Crippen molar-refractivity contribution in [3.8, 4) is 0 Å². The van der Waals surface area contributed by atoms with Crippen LogP contribution in [0.3, 0.4) is 0 Å². The molecule has 7 heteroatoms. The lowest BCUT2D eigenvalue weighted by molar-refractivity contribution is 0.0521. The third-order valence-corrected chi connectivity index (χ3v) is 5.74. The highest BCUT2D eigenvalue weighted by Gasteiger charge is 2.18. The molecule has 2 aromatic carbocycles. The Hall–Kier alpha value is -3.61. The van der Waals surface area contributed by atoms with E-state index in [4.69, 9.17) is 4.74 Å². The van der Waals surface area contributed by atoms with Gasteiger partial charge in [0, 0.05) is 59.3 Å². The maximum atomic E-state index is 12.9. The molecule has 0 aliphatic heterocycles. The van der Waals surface area contributed by atoms with Gasteiger partial charge in [0.2, 0.25) is 0 Å². The Morgan fingerprint density at radius 2 is 1.88 bits per heavy atom. The van der Waals surface area contributed by atoms with Gasteiger partial charge >= 0.3 is 6.09 Å². The molecule has 0 saturated carbocycles. The molecule has 0 saturated heterocycles. The molecule has 33 heavy (non-hydrogen) atoms. The lowest BCUT2D eigenvalue weighted by atomic mass is 10.0. The number of nitrogens with one attached hydrogen (secondary N) is 2. The molecule has 0 aliphatic rings. The lowest BCUT2D eigenvalue weighted by Gasteiger charge is -2.21. The van der Waals surface area contributed by atoms with Crippen LogP contribution in [0.1, 0.15) is 43.6 Å². The summed E-state index contributed by atoms with van der Waals surface area (Å²) in [5, 5.41) is 10.0. The van der Waals surface area contributed by atoms with Crippen molar-refractivity contribution < 1.29 is 14.3 Å². The molecule has 0 fully saturated rings. The van der Waals surface area contributed by atoms with Gasteiger partial charge in [0.25, 0.3) is 5.91 Å². The second kappa shape index (κ2) is 8.39. The first-order valence-electron chi connectivity index (χ1n) is 11.1. The van der Waals surface area contributed by atoms with Crippen LogP contribution in [0.5, 0.6) is 0 Å². The number of pyridine rings is 1. The molecule has 4 rings (SSSR count). The highest BCUT2D eigenvalue weighted by Crippen LogP contribution is 2.35. The minimum absolute atomic E-state index is 0.188. The first-order chi connectivity index (χ1) is 15.5. The highest BCUT2D eigenvalue weighted by atomic mass is 16.6. The molecule has 2 aromatic heterocycles. The molecule has 7 nitrogen and oxygen atoms in total. The first-order valence-corrected chi connectivity index (χ1v) is 11.1. The molecule has 2 N–H and O–H groups in total. The quantitative estimate of drug-likeness (QED) is 0.470. The topological polar surface area (TPSA) is 85.2 Å². The third kappa shape index (κ3) is 4.49. The number of hydrogen-bond acceptors (Lipinski definition) is 4. The standard InChI is InChI=1S/C26H30N4O3/c1-15(13-28-25(32)33-26(3,4)5)29-24(31)17-7-8-22-20(11-17)21-12-18-14-27-10-9-19(18)16(2)23(21)30(22)6/h7-12,14-15H,13H2,1-6H3,(H,28,32)(H,29,31)/t15-/m0/s1. The first kappa shape index (κ1) is 22.6. The normalized spacial score (nSPS) is 12.8. The van der Waals surface area contributed by atoms with Crippen LogP contribution in [0, 0.1) is 6.92 Å². The smallest absolute Gasteiger partial charge is 0.407 e. The number of hydrogen-bond donors (Lipinski definition) is 2. The van der Waals surface area contributed by atoms with Gasteiger partial charge in [0.05, 0.1) is 5.52 Å². The molecule has 0 unspecified atom stereocenters. The Bertz CT molecular complexity index is 1380. The van der Waals surface area contributed by atoms with E-state index in [9.17, 15) is 9.59 Å². The van der Waals surface area contributed by atoms with Gasteiger partial charge in [0.15, 0.2) is 0 Å². The van der Waals surface area contributed by atoms with Crippen molar-refractivity contribution in [1.82, 2.24) is 20.2 Å². The van der Waals surface area contributed by atoms with Gasteiger partial charge in [-0.2, -0.15) is 0 Å². The van der Waals surface area contributed by atoms with E-state index in [0.717, 1.165) is 27.2 Å². The summed E-state index contributed by atoms with van der Waals surface area (Å²) in [5.74, 6) is -0.188. The minimum Gasteiger partial charge on any atom is -0.444 e. The average Bonchev–Trinajstić information content (AvgIpc) is 3.03. The fraction of sp³-hybridized carbons (Fsp3) is 0.346. The van der Waals surface area contributed by atoms with Crippen molar-refractivity contribution in [2.24, 2.45) is 7.05 Å². The number of carbonyl (C=O) groups is 2. The summed E-state index contributed by atoms with van der Waals surface area (Å²) in [7, 11) is 2.05. The molecule has 2 amide bonds. The van der Waals surface area contributed by atoms with Crippen LogP contribution in [0.4, 0.5) is 4.79 Å². The maximum absolute atomic E-state index is 12.9. The number of benzene rings is 2. The Morgan fingerprint density at radius 1 is 1.12 bits per heavy atom. The van der Waals surface area contributed by atoms with Crippen LogP contribution >= 0.6 is 0 Å². The highest BCUT2D eigenvalue weighted by molar-refractivity contribution is 6.15. The zero-order valence-corrected chi connectivity index (χ0v) is 19.9. The number of rotatable bonds is 4. The number of carbonyl (C=O) groups excluding carboxylic acids is 2. The van der Waals surface area contributed by atoms with Crippen molar-refractivity contribution >= 4 is 44.6 Å². The van der Waals surface area contributed by atoms with Gasteiger partial charge in [-0.05, 0) is 75.9 Å². The number of aryl methyl sites for hydroxylation is 2. The average molecular weight is 447 g/mol. The van der Waals surface area contributed by atoms with Gasteiger partial charge < -0.3 is 19.9 Å². The van der Waals surface area contributed by atoms with Crippen molar-refractivity contribution in [3.05, 3.63) is 53.9 Å².